The number of nitrogens with zero attached hydrogens (tertiary/aromatic N) is 1. The van der Waals surface area contributed by atoms with E-state index in [9.17, 15) is 0 Å². The SMILES string of the molecule is COCCN1CCNCC1CO. The molecule has 0 aromatic carbocycles. The van der Waals surface area contributed by atoms with Crippen molar-refractivity contribution in [3.05, 3.63) is 0 Å². The lowest BCUT2D eigenvalue weighted by molar-refractivity contribution is 0.0712. The molecule has 0 spiro atoms. The molecular weight excluding hydrogens is 156 g/mol. The van der Waals surface area contributed by atoms with Gasteiger partial charge in [0, 0.05) is 39.3 Å². The number of rotatable bonds is 4. The molecule has 4 nitrogen and oxygen atoms in total. The van der Waals surface area contributed by atoms with Gasteiger partial charge >= 0.3 is 0 Å². The fourth-order valence-corrected chi connectivity index (χ4v) is 1.49. The Morgan fingerprint density at radius 1 is 1.67 bits per heavy atom. The highest BCUT2D eigenvalue weighted by atomic mass is 16.5. The quantitative estimate of drug-likeness (QED) is 0.568. The molecule has 1 aliphatic rings. The standard InChI is InChI=1S/C8H18N2O2/c1-12-5-4-10-3-2-9-6-8(10)7-11/h8-9,11H,2-7H2,1H3. The topological polar surface area (TPSA) is 44.7 Å². The third-order valence-electron chi connectivity index (χ3n) is 2.27. The predicted molar refractivity (Wildman–Crippen MR) is 47.2 cm³/mol. The molecule has 1 unspecified atom stereocenters. The van der Waals surface area contributed by atoms with Gasteiger partial charge in [-0.1, -0.05) is 0 Å². The Labute approximate surface area is 73.5 Å². The lowest BCUT2D eigenvalue weighted by Crippen LogP contribution is -2.53. The molecular formula is C8H18N2O2. The Hall–Kier alpha value is -0.160. The molecule has 0 saturated carbocycles. The van der Waals surface area contributed by atoms with Gasteiger partial charge in [-0.05, 0) is 0 Å². The molecule has 0 bridgehead atoms. The second kappa shape index (κ2) is 5.48. The Morgan fingerprint density at radius 3 is 3.17 bits per heavy atom. The summed E-state index contributed by atoms with van der Waals surface area (Å²) in [6, 6.07) is 0.272. The van der Waals surface area contributed by atoms with Gasteiger partial charge in [0.2, 0.25) is 0 Å². The average Bonchev–Trinajstić information content (AvgIpc) is 2.15. The number of nitrogens with one attached hydrogen (secondary N) is 1. The molecule has 0 aromatic rings. The van der Waals surface area contributed by atoms with E-state index in [1.54, 1.807) is 7.11 Å². The van der Waals surface area contributed by atoms with Crippen LogP contribution < -0.4 is 5.32 Å². The highest BCUT2D eigenvalue weighted by Crippen LogP contribution is 2.01. The van der Waals surface area contributed by atoms with Crippen LogP contribution in [-0.2, 0) is 4.74 Å². The lowest BCUT2D eigenvalue weighted by Gasteiger charge is -2.34. The first-order valence-corrected chi connectivity index (χ1v) is 4.43. The van der Waals surface area contributed by atoms with Gasteiger partial charge in [-0.2, -0.15) is 0 Å². The van der Waals surface area contributed by atoms with Crippen molar-refractivity contribution in [2.45, 2.75) is 6.04 Å². The maximum atomic E-state index is 9.04. The highest BCUT2D eigenvalue weighted by Gasteiger charge is 2.20. The number of hydrogen-bond acceptors (Lipinski definition) is 4. The van der Waals surface area contributed by atoms with E-state index >= 15 is 0 Å². The van der Waals surface area contributed by atoms with Crippen LogP contribution in [0.5, 0.6) is 0 Å². The smallest absolute Gasteiger partial charge is 0.0599 e. The number of hydrogen-bond donors (Lipinski definition) is 2. The molecule has 12 heavy (non-hydrogen) atoms. The first kappa shape index (κ1) is 9.92. The molecule has 1 saturated heterocycles. The summed E-state index contributed by atoms with van der Waals surface area (Å²) in [5.41, 5.74) is 0. The largest absolute Gasteiger partial charge is 0.395 e. The van der Waals surface area contributed by atoms with E-state index in [1.807, 2.05) is 0 Å². The van der Waals surface area contributed by atoms with Gasteiger partial charge < -0.3 is 15.2 Å². The number of aliphatic hydroxyl groups excluding tert-OH is 1. The van der Waals surface area contributed by atoms with Crippen molar-refractivity contribution in [1.82, 2.24) is 10.2 Å². The predicted octanol–water partition coefficient (Wildman–Crippen LogP) is -1.10. The van der Waals surface area contributed by atoms with E-state index in [2.05, 4.69) is 10.2 Å². The summed E-state index contributed by atoms with van der Waals surface area (Å²) in [4.78, 5) is 2.26. The summed E-state index contributed by atoms with van der Waals surface area (Å²) < 4.78 is 4.99. The van der Waals surface area contributed by atoms with Crippen LogP contribution in [-0.4, -0.2) is 62.6 Å². The van der Waals surface area contributed by atoms with Gasteiger partial charge in [-0.3, -0.25) is 4.90 Å². The van der Waals surface area contributed by atoms with E-state index in [0.29, 0.717) is 0 Å². The molecule has 0 aliphatic carbocycles. The van der Waals surface area contributed by atoms with Gasteiger partial charge in [-0.25, -0.2) is 0 Å². The fraction of sp³-hybridized carbons (Fsp3) is 1.00. The van der Waals surface area contributed by atoms with Crippen LogP contribution in [0.3, 0.4) is 0 Å². The number of aliphatic hydroxyl groups is 1. The Bertz CT molecular complexity index is 122. The van der Waals surface area contributed by atoms with E-state index in [-0.39, 0.29) is 12.6 Å². The van der Waals surface area contributed by atoms with Crippen LogP contribution in [0.25, 0.3) is 0 Å². The molecule has 1 aliphatic heterocycles. The summed E-state index contributed by atoms with van der Waals surface area (Å²) >= 11 is 0. The molecule has 72 valence electrons. The van der Waals surface area contributed by atoms with Crippen molar-refractivity contribution in [3.63, 3.8) is 0 Å². The van der Waals surface area contributed by atoms with Crippen LogP contribution >= 0.6 is 0 Å². The Morgan fingerprint density at radius 2 is 2.50 bits per heavy atom. The Balaban J connectivity index is 2.26. The van der Waals surface area contributed by atoms with Crippen molar-refractivity contribution in [3.8, 4) is 0 Å². The summed E-state index contributed by atoms with van der Waals surface area (Å²) in [5.74, 6) is 0. The summed E-state index contributed by atoms with van der Waals surface area (Å²) in [7, 11) is 1.70. The van der Waals surface area contributed by atoms with Gasteiger partial charge in [0.15, 0.2) is 0 Å². The molecule has 4 heteroatoms. The minimum absolute atomic E-state index is 0.233. The number of ether oxygens (including phenoxy) is 1. The zero-order valence-corrected chi connectivity index (χ0v) is 7.62. The first-order chi connectivity index (χ1) is 5.88. The van der Waals surface area contributed by atoms with Gasteiger partial charge in [0.1, 0.15) is 0 Å². The van der Waals surface area contributed by atoms with Gasteiger partial charge in [0.05, 0.1) is 13.2 Å². The van der Waals surface area contributed by atoms with Crippen molar-refractivity contribution in [2.75, 3.05) is 46.5 Å². The minimum atomic E-state index is 0.233. The molecule has 0 aromatic heterocycles. The average molecular weight is 174 g/mol. The fourth-order valence-electron chi connectivity index (χ4n) is 1.49. The van der Waals surface area contributed by atoms with Crippen molar-refractivity contribution in [1.29, 1.82) is 0 Å². The van der Waals surface area contributed by atoms with Crippen LogP contribution in [0.1, 0.15) is 0 Å². The third kappa shape index (κ3) is 2.71. The van der Waals surface area contributed by atoms with E-state index in [1.165, 1.54) is 0 Å². The highest BCUT2D eigenvalue weighted by molar-refractivity contribution is 4.78. The summed E-state index contributed by atoms with van der Waals surface area (Å²) in [6.45, 7) is 4.81. The van der Waals surface area contributed by atoms with E-state index < -0.39 is 0 Å². The van der Waals surface area contributed by atoms with Crippen molar-refractivity contribution < 1.29 is 9.84 Å². The maximum absolute atomic E-state index is 9.04. The van der Waals surface area contributed by atoms with Crippen molar-refractivity contribution in [2.24, 2.45) is 0 Å². The van der Waals surface area contributed by atoms with E-state index in [0.717, 1.165) is 32.8 Å². The molecule has 0 radical (unpaired) electrons. The number of methoxy groups -OCH3 is 1. The Kier molecular flexibility index (Phi) is 4.53. The second-order valence-corrected chi connectivity index (χ2v) is 3.07. The summed E-state index contributed by atoms with van der Waals surface area (Å²) in [5, 5.41) is 12.3. The summed E-state index contributed by atoms with van der Waals surface area (Å²) in [6.07, 6.45) is 0. The van der Waals surface area contributed by atoms with Crippen LogP contribution in [0, 0.1) is 0 Å². The van der Waals surface area contributed by atoms with Crippen molar-refractivity contribution >= 4 is 0 Å². The first-order valence-electron chi connectivity index (χ1n) is 4.43. The maximum Gasteiger partial charge on any atom is 0.0599 e. The zero-order valence-electron chi connectivity index (χ0n) is 7.62. The molecule has 1 heterocycles. The minimum Gasteiger partial charge on any atom is -0.395 e. The molecule has 1 atom stereocenters. The number of piperazine rings is 1. The van der Waals surface area contributed by atoms with Gasteiger partial charge in [0.25, 0.3) is 0 Å². The normalized spacial score (nSPS) is 26.0. The zero-order chi connectivity index (χ0) is 8.81. The lowest BCUT2D eigenvalue weighted by atomic mass is 10.2. The monoisotopic (exact) mass is 174 g/mol. The van der Waals surface area contributed by atoms with Crippen LogP contribution in [0.15, 0.2) is 0 Å². The van der Waals surface area contributed by atoms with Gasteiger partial charge in [-0.15, -0.1) is 0 Å². The molecule has 1 fully saturated rings. The molecule has 2 N–H and O–H groups in total. The third-order valence-corrected chi connectivity index (χ3v) is 2.27. The van der Waals surface area contributed by atoms with E-state index in [4.69, 9.17) is 9.84 Å². The molecule has 0 amide bonds. The van der Waals surface area contributed by atoms with Crippen LogP contribution in [0.4, 0.5) is 0 Å². The molecule has 1 rings (SSSR count). The van der Waals surface area contributed by atoms with Crippen LogP contribution in [0.2, 0.25) is 0 Å². The second-order valence-electron chi connectivity index (χ2n) is 3.07.